The van der Waals surface area contributed by atoms with Crippen molar-refractivity contribution in [3.05, 3.63) is 96.1 Å². The van der Waals surface area contributed by atoms with Gasteiger partial charge in [0.2, 0.25) is 20.0 Å². The maximum atomic E-state index is 13.1. The molecule has 0 saturated heterocycles. The molecule has 0 aromatic heterocycles. The van der Waals surface area contributed by atoms with Crippen molar-refractivity contribution in [1.29, 1.82) is 0 Å². The molecule has 308 valence electrons. The van der Waals surface area contributed by atoms with Crippen LogP contribution in [-0.4, -0.2) is 75.6 Å². The van der Waals surface area contributed by atoms with Crippen LogP contribution in [0.1, 0.15) is 37.8 Å². The molecule has 20 heteroatoms. The summed E-state index contributed by atoms with van der Waals surface area (Å²) < 4.78 is 142. The van der Waals surface area contributed by atoms with Crippen molar-refractivity contribution in [2.75, 3.05) is 26.3 Å². The molecular weight excluding hydrogens is 811 g/mol. The quantitative estimate of drug-likeness (QED) is 0.104. The molecule has 57 heavy (non-hydrogen) atoms. The van der Waals surface area contributed by atoms with Gasteiger partial charge in [0.1, 0.15) is 11.5 Å². The van der Waals surface area contributed by atoms with Crippen molar-refractivity contribution in [2.45, 2.75) is 54.9 Å². The number of rotatable bonds is 15. The number of carbonyl (C=O) groups is 2. The van der Waals surface area contributed by atoms with Crippen LogP contribution in [0, 0.1) is 0 Å². The highest BCUT2D eigenvalue weighted by molar-refractivity contribution is 7.89. The highest BCUT2D eigenvalue weighted by atomic mass is 32.2. The fraction of sp³-hybridized carbons (Fsp3) is 0.297. The number of aliphatic carboxylic acids is 2. The average Bonchev–Trinajstić information content (AvgIpc) is 3.96. The molecule has 0 heterocycles. The SMILES string of the molecule is CCN(CC)S(=O)(=O)c1ccc(-c2cc(C(F)(F)F)ccc2OCC(=O)O)cc1.O=C(O)COc1ccc(C(F)(F)F)cc1-c1ccc(S(=O)(=O)NC2CC2)cc1. The van der Waals surface area contributed by atoms with Gasteiger partial charge in [-0.25, -0.2) is 31.1 Å². The lowest BCUT2D eigenvalue weighted by Crippen LogP contribution is -2.30. The van der Waals surface area contributed by atoms with Crippen LogP contribution in [0.25, 0.3) is 22.3 Å². The molecule has 0 unspecified atom stereocenters. The van der Waals surface area contributed by atoms with Gasteiger partial charge in [0.05, 0.1) is 20.9 Å². The van der Waals surface area contributed by atoms with E-state index in [1.54, 1.807) is 13.8 Å². The molecule has 0 bridgehead atoms. The molecule has 0 radical (unpaired) electrons. The van der Waals surface area contributed by atoms with Gasteiger partial charge in [-0.1, -0.05) is 38.1 Å². The van der Waals surface area contributed by atoms with Crippen molar-refractivity contribution < 1.29 is 72.5 Å². The number of alkyl halides is 6. The molecule has 5 rings (SSSR count). The average molecular weight is 847 g/mol. The molecule has 0 amide bonds. The Balaban J connectivity index is 0.000000253. The van der Waals surface area contributed by atoms with Crippen molar-refractivity contribution in [1.82, 2.24) is 9.03 Å². The van der Waals surface area contributed by atoms with Crippen LogP contribution in [-0.2, 0) is 42.0 Å². The fourth-order valence-electron chi connectivity index (χ4n) is 5.22. The van der Waals surface area contributed by atoms with Gasteiger partial charge in [-0.2, -0.15) is 30.6 Å². The number of nitrogens with one attached hydrogen (secondary N) is 1. The van der Waals surface area contributed by atoms with Crippen molar-refractivity contribution in [3.8, 4) is 33.8 Å². The molecule has 1 aliphatic rings. The number of sulfonamides is 2. The third-order valence-electron chi connectivity index (χ3n) is 8.20. The molecule has 12 nitrogen and oxygen atoms in total. The smallest absolute Gasteiger partial charge is 0.416 e. The van der Waals surface area contributed by atoms with Gasteiger partial charge in [-0.3, -0.25) is 0 Å². The Hall–Kier alpha value is -5.18. The van der Waals surface area contributed by atoms with Crippen LogP contribution in [0.15, 0.2) is 94.7 Å². The second-order valence-corrected chi connectivity index (χ2v) is 16.0. The lowest BCUT2D eigenvalue weighted by atomic mass is 10.0. The summed E-state index contributed by atoms with van der Waals surface area (Å²) in [6.45, 7) is 2.50. The molecule has 0 spiro atoms. The number of hydrogen-bond donors (Lipinski definition) is 3. The first-order chi connectivity index (χ1) is 26.6. The number of carboxylic acid groups (broad SMARTS) is 2. The van der Waals surface area contributed by atoms with Crippen LogP contribution in [0.2, 0.25) is 0 Å². The van der Waals surface area contributed by atoms with Crippen molar-refractivity contribution in [3.63, 3.8) is 0 Å². The Morgan fingerprint density at radius 3 is 1.39 bits per heavy atom. The maximum absolute atomic E-state index is 13.1. The highest BCUT2D eigenvalue weighted by Crippen LogP contribution is 2.39. The highest BCUT2D eigenvalue weighted by Gasteiger charge is 2.33. The topological polar surface area (TPSA) is 177 Å². The standard InChI is InChI=1S/C19H20F3NO5S.C18H16F3NO5S/c1-3-23(4-2)29(26,27)15-8-5-13(6-9-15)16-11-14(19(20,21)22)7-10-17(16)28-12-18(24)25;19-18(20,21)12-3-8-16(27-10-17(23)24)15(9-12)11-1-6-14(7-2-11)28(25,26)22-13-4-5-13/h5-11H,3-4,12H2,1-2H3,(H,24,25);1-3,6-9,13,22H,4-5,10H2,(H,23,24). The lowest BCUT2D eigenvalue weighted by molar-refractivity contribution is -0.140. The Kier molecular flexibility index (Phi) is 14.0. The normalized spacial score (nSPS) is 13.4. The van der Waals surface area contributed by atoms with E-state index in [9.17, 15) is 52.8 Å². The molecule has 1 saturated carbocycles. The van der Waals surface area contributed by atoms with E-state index in [-0.39, 0.29) is 62.7 Å². The third kappa shape index (κ3) is 11.9. The zero-order valence-electron chi connectivity index (χ0n) is 30.1. The van der Waals surface area contributed by atoms with E-state index in [4.69, 9.17) is 19.7 Å². The van der Waals surface area contributed by atoms with Gasteiger partial charge in [-0.15, -0.1) is 0 Å². The first-order valence-corrected chi connectivity index (χ1v) is 19.8. The number of ether oxygens (including phenoxy) is 2. The molecular formula is C37H36F6N2O10S2. The van der Waals surface area contributed by atoms with E-state index in [1.165, 1.54) is 52.8 Å². The van der Waals surface area contributed by atoms with Gasteiger partial charge in [0, 0.05) is 30.3 Å². The second kappa shape index (κ2) is 18.0. The van der Waals surface area contributed by atoms with E-state index in [1.807, 2.05) is 0 Å². The summed E-state index contributed by atoms with van der Waals surface area (Å²) in [5.41, 5.74) is -1.33. The predicted octanol–water partition coefficient (Wildman–Crippen LogP) is 7.14. The summed E-state index contributed by atoms with van der Waals surface area (Å²) in [4.78, 5) is 21.5. The Labute approximate surface area is 323 Å². The van der Waals surface area contributed by atoms with E-state index >= 15 is 0 Å². The van der Waals surface area contributed by atoms with Crippen LogP contribution in [0.4, 0.5) is 26.3 Å². The van der Waals surface area contributed by atoms with Gasteiger partial charge < -0.3 is 19.7 Å². The van der Waals surface area contributed by atoms with E-state index in [2.05, 4.69) is 4.72 Å². The summed E-state index contributed by atoms with van der Waals surface area (Å²) in [5, 5.41) is 17.5. The monoisotopic (exact) mass is 846 g/mol. The second-order valence-electron chi connectivity index (χ2n) is 12.3. The van der Waals surface area contributed by atoms with E-state index in [0.717, 1.165) is 49.2 Å². The molecule has 3 N–H and O–H groups in total. The molecule has 4 aromatic carbocycles. The summed E-state index contributed by atoms with van der Waals surface area (Å²) in [5.74, 6) is -2.67. The first-order valence-electron chi connectivity index (χ1n) is 16.9. The summed E-state index contributed by atoms with van der Waals surface area (Å²) >= 11 is 0. The predicted molar refractivity (Wildman–Crippen MR) is 193 cm³/mol. The molecule has 1 aliphatic carbocycles. The lowest BCUT2D eigenvalue weighted by Gasteiger charge is -2.19. The maximum Gasteiger partial charge on any atom is 0.416 e. The van der Waals surface area contributed by atoms with Crippen LogP contribution in [0.3, 0.4) is 0 Å². The minimum atomic E-state index is -4.61. The van der Waals surface area contributed by atoms with Crippen molar-refractivity contribution in [2.24, 2.45) is 0 Å². The van der Waals surface area contributed by atoms with Crippen LogP contribution < -0.4 is 14.2 Å². The Bertz CT molecular complexity index is 2280. The first kappa shape index (κ1) is 44.5. The van der Waals surface area contributed by atoms with Gasteiger partial charge in [-0.05, 0) is 84.6 Å². The summed E-state index contributed by atoms with van der Waals surface area (Å²) in [6.07, 6.45) is -7.67. The Morgan fingerprint density at radius 2 is 1.05 bits per heavy atom. The zero-order valence-corrected chi connectivity index (χ0v) is 31.7. The number of hydrogen-bond acceptors (Lipinski definition) is 8. The van der Waals surface area contributed by atoms with E-state index < -0.39 is 68.7 Å². The third-order valence-corrected chi connectivity index (χ3v) is 11.8. The zero-order chi connectivity index (χ0) is 42.3. The molecule has 0 aliphatic heterocycles. The number of halogens is 6. The molecule has 4 aromatic rings. The molecule has 1 fully saturated rings. The van der Waals surface area contributed by atoms with Gasteiger partial charge in [0.25, 0.3) is 0 Å². The van der Waals surface area contributed by atoms with Crippen molar-refractivity contribution >= 4 is 32.0 Å². The van der Waals surface area contributed by atoms with Gasteiger partial charge >= 0.3 is 24.3 Å². The number of benzene rings is 4. The minimum absolute atomic E-state index is 0.00457. The Morgan fingerprint density at radius 1 is 0.667 bits per heavy atom. The van der Waals surface area contributed by atoms with Crippen LogP contribution >= 0.6 is 0 Å². The largest absolute Gasteiger partial charge is 0.481 e. The van der Waals surface area contributed by atoms with Crippen LogP contribution in [0.5, 0.6) is 11.5 Å². The van der Waals surface area contributed by atoms with Gasteiger partial charge in [0.15, 0.2) is 13.2 Å². The summed E-state index contributed by atoms with van der Waals surface area (Å²) in [7, 11) is -7.42. The molecule has 0 atom stereocenters. The van der Waals surface area contributed by atoms with E-state index in [0.29, 0.717) is 0 Å². The fourth-order valence-corrected chi connectivity index (χ4v) is 7.98. The summed E-state index contributed by atoms with van der Waals surface area (Å²) in [6, 6.07) is 15.8. The number of carboxylic acids is 2. The minimum Gasteiger partial charge on any atom is -0.481 e. The number of nitrogens with zero attached hydrogens (tertiary/aromatic N) is 1.